The highest BCUT2D eigenvalue weighted by molar-refractivity contribution is 5.99. The van der Waals surface area contributed by atoms with Gasteiger partial charge in [0.25, 0.3) is 5.91 Å². The van der Waals surface area contributed by atoms with Gasteiger partial charge in [-0.2, -0.15) is 0 Å². The van der Waals surface area contributed by atoms with E-state index >= 15 is 0 Å². The van der Waals surface area contributed by atoms with Crippen LogP contribution in [0.5, 0.6) is 0 Å². The molecule has 1 amide bonds. The van der Waals surface area contributed by atoms with Crippen LogP contribution in [0.4, 0.5) is 11.4 Å². The van der Waals surface area contributed by atoms with E-state index in [1.807, 2.05) is 4.90 Å². The minimum atomic E-state index is 0.0170. The van der Waals surface area contributed by atoms with Gasteiger partial charge in [0.15, 0.2) is 0 Å². The number of nitrogen functional groups attached to an aromatic ring is 2. The summed E-state index contributed by atoms with van der Waals surface area (Å²) >= 11 is 0. The molecule has 1 aliphatic heterocycles. The largest absolute Gasteiger partial charge is 0.399 e. The van der Waals surface area contributed by atoms with Crippen molar-refractivity contribution in [3.8, 4) is 0 Å². The first-order chi connectivity index (χ1) is 8.90. The Bertz CT molecular complexity index is 486. The number of rotatable bonds is 1. The summed E-state index contributed by atoms with van der Waals surface area (Å²) in [5.41, 5.74) is 13.2. The molecular formula is C15H23N3O. The summed E-state index contributed by atoms with van der Waals surface area (Å²) < 4.78 is 0. The third-order valence-electron chi connectivity index (χ3n) is 4.16. The molecule has 1 fully saturated rings. The fraction of sp³-hybridized carbons (Fsp3) is 0.533. The van der Waals surface area contributed by atoms with Crippen molar-refractivity contribution in [2.75, 3.05) is 18.0 Å². The molecule has 0 saturated carbocycles. The molecule has 0 bridgehead atoms. The van der Waals surface area contributed by atoms with Gasteiger partial charge in [-0.05, 0) is 43.4 Å². The second-order valence-corrected chi connectivity index (χ2v) is 5.86. The molecular weight excluding hydrogens is 238 g/mol. The molecule has 2 rings (SSSR count). The van der Waals surface area contributed by atoms with Crippen LogP contribution in [0, 0.1) is 11.8 Å². The molecule has 0 aromatic heterocycles. The van der Waals surface area contributed by atoms with Gasteiger partial charge in [0.2, 0.25) is 0 Å². The summed E-state index contributed by atoms with van der Waals surface area (Å²) in [6.45, 7) is 7.30. The maximum absolute atomic E-state index is 12.6. The topological polar surface area (TPSA) is 72.3 Å². The third-order valence-corrected chi connectivity index (χ3v) is 4.16. The van der Waals surface area contributed by atoms with Crippen LogP contribution in [-0.4, -0.2) is 23.4 Å². The Kier molecular flexibility index (Phi) is 3.69. The average Bonchev–Trinajstić information content (AvgIpc) is 2.33. The van der Waals surface area contributed by atoms with Crippen molar-refractivity contribution in [3.63, 3.8) is 0 Å². The number of amides is 1. The molecule has 4 nitrogen and oxygen atoms in total. The zero-order valence-corrected chi connectivity index (χ0v) is 11.9. The van der Waals surface area contributed by atoms with Crippen molar-refractivity contribution in [3.05, 3.63) is 23.8 Å². The molecule has 3 atom stereocenters. The second kappa shape index (κ2) is 5.11. The van der Waals surface area contributed by atoms with E-state index in [0.717, 1.165) is 6.54 Å². The first-order valence-corrected chi connectivity index (χ1v) is 6.86. The Morgan fingerprint density at radius 1 is 1.26 bits per heavy atom. The Balaban J connectivity index is 2.27. The summed E-state index contributed by atoms with van der Waals surface area (Å²) in [6.07, 6.45) is 1.17. The first-order valence-electron chi connectivity index (χ1n) is 6.86. The van der Waals surface area contributed by atoms with Crippen LogP contribution in [-0.2, 0) is 0 Å². The molecule has 0 spiro atoms. The zero-order valence-electron chi connectivity index (χ0n) is 11.9. The van der Waals surface area contributed by atoms with Crippen LogP contribution in [0.2, 0.25) is 0 Å². The maximum atomic E-state index is 12.6. The number of piperidine rings is 1. The number of benzene rings is 1. The van der Waals surface area contributed by atoms with Gasteiger partial charge >= 0.3 is 0 Å². The number of hydrogen-bond acceptors (Lipinski definition) is 3. The van der Waals surface area contributed by atoms with Crippen molar-refractivity contribution in [2.24, 2.45) is 11.8 Å². The number of carbonyl (C=O) groups excluding carboxylic acids is 1. The molecule has 0 radical (unpaired) electrons. The molecule has 104 valence electrons. The van der Waals surface area contributed by atoms with Crippen molar-refractivity contribution in [2.45, 2.75) is 33.2 Å². The van der Waals surface area contributed by atoms with E-state index in [2.05, 4.69) is 20.8 Å². The van der Waals surface area contributed by atoms with E-state index < -0.39 is 0 Å². The van der Waals surface area contributed by atoms with Crippen molar-refractivity contribution in [1.29, 1.82) is 0 Å². The van der Waals surface area contributed by atoms with E-state index in [0.29, 0.717) is 28.8 Å². The molecule has 19 heavy (non-hydrogen) atoms. The van der Waals surface area contributed by atoms with Crippen LogP contribution >= 0.6 is 0 Å². The van der Waals surface area contributed by atoms with Gasteiger partial charge in [0, 0.05) is 24.0 Å². The molecule has 1 heterocycles. The number of nitrogens with zero attached hydrogens (tertiary/aromatic N) is 1. The normalized spacial score (nSPS) is 27.3. The third kappa shape index (κ3) is 2.67. The minimum Gasteiger partial charge on any atom is -0.399 e. The quantitative estimate of drug-likeness (QED) is 0.762. The Hall–Kier alpha value is -1.71. The number of nitrogens with two attached hydrogens (primary N) is 2. The number of likely N-dealkylation sites (tertiary alicyclic amines) is 1. The summed E-state index contributed by atoms with van der Waals surface area (Å²) in [6, 6.07) is 5.35. The van der Waals surface area contributed by atoms with Crippen LogP contribution in [0.1, 0.15) is 37.6 Å². The van der Waals surface area contributed by atoms with Crippen LogP contribution in [0.3, 0.4) is 0 Å². The second-order valence-electron chi connectivity index (χ2n) is 5.86. The van der Waals surface area contributed by atoms with E-state index in [4.69, 9.17) is 11.5 Å². The number of carbonyl (C=O) groups is 1. The van der Waals surface area contributed by atoms with Crippen LogP contribution in [0.25, 0.3) is 0 Å². The van der Waals surface area contributed by atoms with E-state index in [9.17, 15) is 4.79 Å². The summed E-state index contributed by atoms with van der Waals surface area (Å²) in [4.78, 5) is 14.6. The summed E-state index contributed by atoms with van der Waals surface area (Å²) in [5.74, 6) is 1.07. The number of hydrogen-bond donors (Lipinski definition) is 2. The predicted molar refractivity (Wildman–Crippen MR) is 78.7 cm³/mol. The van der Waals surface area contributed by atoms with E-state index in [1.54, 1.807) is 18.2 Å². The van der Waals surface area contributed by atoms with Gasteiger partial charge in [0.1, 0.15) is 0 Å². The molecule has 3 unspecified atom stereocenters. The lowest BCUT2D eigenvalue weighted by atomic mass is 9.85. The summed E-state index contributed by atoms with van der Waals surface area (Å²) in [5, 5.41) is 0. The molecule has 1 aromatic carbocycles. The van der Waals surface area contributed by atoms with E-state index in [-0.39, 0.29) is 11.9 Å². The fourth-order valence-corrected chi connectivity index (χ4v) is 2.91. The summed E-state index contributed by atoms with van der Waals surface area (Å²) in [7, 11) is 0. The highest BCUT2D eigenvalue weighted by atomic mass is 16.2. The Morgan fingerprint density at radius 3 is 2.58 bits per heavy atom. The van der Waals surface area contributed by atoms with Crippen molar-refractivity contribution in [1.82, 2.24) is 4.90 Å². The molecule has 0 aliphatic carbocycles. The first kappa shape index (κ1) is 13.7. The lowest BCUT2D eigenvalue weighted by Gasteiger charge is -2.41. The monoisotopic (exact) mass is 261 g/mol. The van der Waals surface area contributed by atoms with Gasteiger partial charge in [-0.1, -0.05) is 13.8 Å². The fourth-order valence-electron chi connectivity index (χ4n) is 2.91. The van der Waals surface area contributed by atoms with Gasteiger partial charge in [-0.25, -0.2) is 0 Å². The van der Waals surface area contributed by atoms with Gasteiger partial charge in [-0.15, -0.1) is 0 Å². The van der Waals surface area contributed by atoms with Crippen LogP contribution < -0.4 is 11.5 Å². The van der Waals surface area contributed by atoms with Crippen molar-refractivity contribution >= 4 is 17.3 Å². The molecule has 1 saturated heterocycles. The number of anilines is 2. The molecule has 4 N–H and O–H groups in total. The van der Waals surface area contributed by atoms with E-state index in [1.165, 1.54) is 6.42 Å². The molecule has 1 aromatic rings. The Morgan fingerprint density at radius 2 is 1.95 bits per heavy atom. The Labute approximate surface area is 114 Å². The lowest BCUT2D eigenvalue weighted by Crippen LogP contribution is -2.49. The van der Waals surface area contributed by atoms with Gasteiger partial charge in [0.05, 0.1) is 5.56 Å². The lowest BCUT2D eigenvalue weighted by molar-refractivity contribution is 0.0457. The highest BCUT2D eigenvalue weighted by Crippen LogP contribution is 2.29. The standard InChI is InChI=1S/C15H23N3O/c1-9-6-10(2)11(3)18(8-9)15(19)13-5-4-12(16)7-14(13)17/h4-5,7,9-11H,6,8,16-17H2,1-3H3. The predicted octanol–water partition coefficient (Wildman–Crippen LogP) is 2.36. The average molecular weight is 261 g/mol. The molecule has 1 aliphatic rings. The SMILES string of the molecule is CC1CC(C)C(C)N(C(=O)c2ccc(N)cc2N)C1. The van der Waals surface area contributed by atoms with Gasteiger partial charge in [-0.3, -0.25) is 4.79 Å². The smallest absolute Gasteiger partial charge is 0.256 e. The maximum Gasteiger partial charge on any atom is 0.256 e. The zero-order chi connectivity index (χ0) is 14.2. The van der Waals surface area contributed by atoms with Crippen molar-refractivity contribution < 1.29 is 4.79 Å². The molecule has 4 heteroatoms. The van der Waals surface area contributed by atoms with Gasteiger partial charge < -0.3 is 16.4 Å². The van der Waals surface area contributed by atoms with Crippen LogP contribution in [0.15, 0.2) is 18.2 Å². The minimum absolute atomic E-state index is 0.0170. The highest BCUT2D eigenvalue weighted by Gasteiger charge is 2.32.